The highest BCUT2D eigenvalue weighted by atomic mass is 15.2. The highest BCUT2D eigenvalue weighted by Crippen LogP contribution is 2.43. The normalized spacial score (nSPS) is 25.5. The zero-order chi connectivity index (χ0) is 15.1. The van der Waals surface area contributed by atoms with Crippen molar-refractivity contribution in [3.63, 3.8) is 0 Å². The molecule has 0 amide bonds. The lowest BCUT2D eigenvalue weighted by Gasteiger charge is -2.46. The fraction of sp³-hybridized carbons (Fsp3) is 0.400. The Bertz CT molecular complexity index is 619. The van der Waals surface area contributed by atoms with Crippen molar-refractivity contribution in [2.24, 2.45) is 0 Å². The third kappa shape index (κ3) is 2.18. The van der Waals surface area contributed by atoms with Crippen LogP contribution in [0.5, 0.6) is 0 Å². The Morgan fingerprint density at radius 1 is 0.682 bits per heavy atom. The Kier molecular flexibility index (Phi) is 3.51. The van der Waals surface area contributed by atoms with E-state index in [2.05, 4.69) is 72.4 Å². The lowest BCUT2D eigenvalue weighted by Crippen LogP contribution is -2.44. The van der Waals surface area contributed by atoms with Gasteiger partial charge in [0.2, 0.25) is 0 Å². The van der Waals surface area contributed by atoms with Gasteiger partial charge < -0.3 is 0 Å². The molecule has 2 aliphatic heterocycles. The topological polar surface area (TPSA) is 6.48 Å². The van der Waals surface area contributed by atoms with Gasteiger partial charge in [-0.25, -0.2) is 0 Å². The zero-order valence-electron chi connectivity index (χ0n) is 13.5. The number of likely N-dealkylation sites (N-methyl/N-ethyl adjacent to an activating group) is 2. The number of benzene rings is 2. The maximum absolute atomic E-state index is 2.55. The van der Waals surface area contributed by atoms with Gasteiger partial charge in [-0.2, -0.15) is 0 Å². The summed E-state index contributed by atoms with van der Waals surface area (Å²) in [5.74, 6) is 0. The highest BCUT2D eigenvalue weighted by Gasteiger charge is 2.37. The van der Waals surface area contributed by atoms with Crippen molar-refractivity contribution in [2.45, 2.75) is 24.9 Å². The van der Waals surface area contributed by atoms with Gasteiger partial charge in [0.05, 0.1) is 12.1 Å². The van der Waals surface area contributed by atoms with Crippen molar-refractivity contribution in [1.29, 1.82) is 0 Å². The van der Waals surface area contributed by atoms with E-state index in [9.17, 15) is 0 Å². The largest absolute Gasteiger partial charge is 0.297 e. The van der Waals surface area contributed by atoms with Gasteiger partial charge in [-0.05, 0) is 49.2 Å². The van der Waals surface area contributed by atoms with Crippen LogP contribution in [-0.2, 0) is 12.8 Å². The van der Waals surface area contributed by atoms with Crippen LogP contribution in [0, 0.1) is 0 Å². The molecule has 0 fully saturated rings. The molecule has 2 heteroatoms. The third-order valence-electron chi connectivity index (χ3n) is 5.46. The molecule has 0 saturated carbocycles. The van der Waals surface area contributed by atoms with Crippen molar-refractivity contribution < 1.29 is 0 Å². The van der Waals surface area contributed by atoms with Crippen LogP contribution in [0.3, 0.4) is 0 Å². The Labute approximate surface area is 133 Å². The lowest BCUT2D eigenvalue weighted by atomic mass is 9.81. The van der Waals surface area contributed by atoms with Crippen molar-refractivity contribution >= 4 is 0 Å². The van der Waals surface area contributed by atoms with Gasteiger partial charge in [-0.1, -0.05) is 48.5 Å². The molecule has 2 aromatic rings. The molecule has 4 rings (SSSR count). The van der Waals surface area contributed by atoms with Crippen LogP contribution >= 0.6 is 0 Å². The van der Waals surface area contributed by atoms with Crippen LogP contribution in [0.4, 0.5) is 0 Å². The Morgan fingerprint density at radius 3 is 1.55 bits per heavy atom. The number of hydrogen-bond donors (Lipinski definition) is 0. The van der Waals surface area contributed by atoms with E-state index in [-0.39, 0.29) is 0 Å². The predicted octanol–water partition coefficient (Wildman–Crippen LogP) is 3.44. The predicted molar refractivity (Wildman–Crippen MR) is 91.0 cm³/mol. The van der Waals surface area contributed by atoms with Gasteiger partial charge in [-0.15, -0.1) is 0 Å². The molecule has 2 aromatic carbocycles. The summed E-state index contributed by atoms with van der Waals surface area (Å²) in [5, 5.41) is 0. The smallest absolute Gasteiger partial charge is 0.0545 e. The summed E-state index contributed by atoms with van der Waals surface area (Å²) in [6, 6.07) is 18.9. The van der Waals surface area contributed by atoms with Gasteiger partial charge in [0.1, 0.15) is 0 Å². The maximum Gasteiger partial charge on any atom is 0.0545 e. The zero-order valence-corrected chi connectivity index (χ0v) is 13.5. The molecule has 114 valence electrons. The van der Waals surface area contributed by atoms with Crippen LogP contribution < -0.4 is 0 Å². The number of fused-ring (bicyclic) bond motifs is 2. The van der Waals surface area contributed by atoms with E-state index >= 15 is 0 Å². The van der Waals surface area contributed by atoms with E-state index in [1.165, 1.54) is 35.1 Å². The average molecular weight is 292 g/mol. The molecule has 2 atom stereocenters. The van der Waals surface area contributed by atoms with Gasteiger partial charge >= 0.3 is 0 Å². The quantitative estimate of drug-likeness (QED) is 0.794. The molecule has 0 saturated heterocycles. The minimum absolute atomic E-state index is 0.455. The van der Waals surface area contributed by atoms with Crippen molar-refractivity contribution in [3.8, 4) is 0 Å². The van der Waals surface area contributed by atoms with Crippen molar-refractivity contribution in [3.05, 3.63) is 70.8 Å². The minimum Gasteiger partial charge on any atom is -0.297 e. The van der Waals surface area contributed by atoms with Gasteiger partial charge in [-0.3, -0.25) is 9.80 Å². The first-order valence-electron chi connectivity index (χ1n) is 8.32. The van der Waals surface area contributed by atoms with Gasteiger partial charge in [0.25, 0.3) is 0 Å². The summed E-state index contributed by atoms with van der Waals surface area (Å²) in [4.78, 5) is 5.09. The van der Waals surface area contributed by atoms with E-state index < -0.39 is 0 Å². The summed E-state index contributed by atoms with van der Waals surface area (Å²) in [7, 11) is 4.57. The van der Waals surface area contributed by atoms with E-state index in [0.717, 1.165) is 13.1 Å². The maximum atomic E-state index is 2.55. The summed E-state index contributed by atoms with van der Waals surface area (Å²) >= 11 is 0. The molecule has 0 N–H and O–H groups in total. The summed E-state index contributed by atoms with van der Waals surface area (Å²) < 4.78 is 0. The Morgan fingerprint density at radius 2 is 1.09 bits per heavy atom. The van der Waals surface area contributed by atoms with E-state index in [1.807, 2.05) is 0 Å². The molecule has 2 heterocycles. The van der Waals surface area contributed by atoms with Crippen molar-refractivity contribution in [1.82, 2.24) is 9.80 Å². The second kappa shape index (κ2) is 5.53. The Balaban J connectivity index is 1.84. The first kappa shape index (κ1) is 14.0. The number of nitrogens with zero attached hydrogens (tertiary/aromatic N) is 2. The van der Waals surface area contributed by atoms with Crippen molar-refractivity contribution in [2.75, 3.05) is 27.2 Å². The SMILES string of the molecule is CN1CCc2ccccc2[C@H]1[C@@H]1c2ccccc2CCN1C. The fourth-order valence-corrected chi connectivity index (χ4v) is 4.27. The molecule has 0 bridgehead atoms. The molecule has 2 nitrogen and oxygen atoms in total. The molecule has 0 unspecified atom stereocenters. The van der Waals surface area contributed by atoms with Crippen LogP contribution in [0.25, 0.3) is 0 Å². The van der Waals surface area contributed by atoms with E-state index in [4.69, 9.17) is 0 Å². The third-order valence-corrected chi connectivity index (χ3v) is 5.46. The minimum atomic E-state index is 0.455. The molecular formula is C20H24N2. The van der Waals surface area contributed by atoms with Gasteiger partial charge in [0.15, 0.2) is 0 Å². The molecule has 22 heavy (non-hydrogen) atoms. The number of hydrogen-bond acceptors (Lipinski definition) is 2. The van der Waals surface area contributed by atoms with E-state index in [0.29, 0.717) is 12.1 Å². The van der Waals surface area contributed by atoms with E-state index in [1.54, 1.807) is 0 Å². The lowest BCUT2D eigenvalue weighted by molar-refractivity contribution is 0.0971. The number of rotatable bonds is 1. The highest BCUT2D eigenvalue weighted by molar-refractivity contribution is 5.39. The summed E-state index contributed by atoms with van der Waals surface area (Å²) in [6.07, 6.45) is 2.34. The average Bonchev–Trinajstić information content (AvgIpc) is 2.56. The second-order valence-corrected chi connectivity index (χ2v) is 6.75. The first-order valence-corrected chi connectivity index (χ1v) is 8.32. The Hall–Kier alpha value is -1.64. The van der Waals surface area contributed by atoms with Gasteiger partial charge in [0, 0.05) is 13.1 Å². The molecule has 0 spiro atoms. The second-order valence-electron chi connectivity index (χ2n) is 6.75. The summed E-state index contributed by atoms with van der Waals surface area (Å²) in [5.41, 5.74) is 6.10. The molecular weight excluding hydrogens is 268 g/mol. The molecule has 0 radical (unpaired) electrons. The molecule has 2 aliphatic rings. The monoisotopic (exact) mass is 292 g/mol. The van der Waals surface area contributed by atoms with Crippen LogP contribution in [0.1, 0.15) is 34.3 Å². The molecule has 0 aliphatic carbocycles. The first-order chi connectivity index (χ1) is 10.8. The van der Waals surface area contributed by atoms with Crippen LogP contribution in [0.2, 0.25) is 0 Å². The van der Waals surface area contributed by atoms with Crippen LogP contribution in [0.15, 0.2) is 48.5 Å². The fourth-order valence-electron chi connectivity index (χ4n) is 4.27. The molecule has 0 aromatic heterocycles. The standard InChI is InChI=1S/C20H24N2/c1-21-13-11-15-7-3-5-9-17(15)19(21)20-18-10-6-4-8-16(18)12-14-22(20)2/h3-10,19-20H,11-14H2,1-2H3/t19-,20-/m0/s1. The van der Waals surface area contributed by atoms with Crippen LogP contribution in [-0.4, -0.2) is 37.0 Å². The summed E-state index contributed by atoms with van der Waals surface area (Å²) in [6.45, 7) is 2.29.